The molecule has 0 bridgehead atoms. The fraction of sp³-hybridized carbons (Fsp3) is 0.400. The van der Waals surface area contributed by atoms with Gasteiger partial charge in [-0.2, -0.15) is 5.10 Å². The lowest BCUT2D eigenvalue weighted by Gasteiger charge is -2.25. The van der Waals surface area contributed by atoms with Crippen molar-refractivity contribution < 1.29 is 14.6 Å². The molecule has 0 amide bonds. The minimum Gasteiger partial charge on any atom is -0.497 e. The van der Waals surface area contributed by atoms with Gasteiger partial charge in [0.1, 0.15) is 17.0 Å². The third kappa shape index (κ3) is 1.70. The molecular weight excluding hydrogens is 256 g/mol. The van der Waals surface area contributed by atoms with Gasteiger partial charge in [0.05, 0.1) is 20.4 Å². The van der Waals surface area contributed by atoms with E-state index in [1.807, 2.05) is 25.2 Å². The molecule has 0 aliphatic heterocycles. The number of nitrogens with zero attached hydrogens (tertiary/aromatic N) is 2. The van der Waals surface area contributed by atoms with E-state index >= 15 is 0 Å². The Morgan fingerprint density at radius 2 is 2.10 bits per heavy atom. The van der Waals surface area contributed by atoms with Crippen molar-refractivity contribution in [1.29, 1.82) is 0 Å². The van der Waals surface area contributed by atoms with E-state index < -0.39 is 5.60 Å². The number of ether oxygens (including phenoxy) is 2. The molecule has 0 radical (unpaired) electrons. The quantitative estimate of drug-likeness (QED) is 0.924. The second kappa shape index (κ2) is 4.52. The summed E-state index contributed by atoms with van der Waals surface area (Å²) in [5, 5.41) is 15.4. The molecule has 1 aliphatic rings. The topological polar surface area (TPSA) is 56.5 Å². The minimum absolute atomic E-state index is 0.602. The van der Waals surface area contributed by atoms with Crippen molar-refractivity contribution in [2.24, 2.45) is 7.05 Å². The van der Waals surface area contributed by atoms with Crippen molar-refractivity contribution in [3.05, 3.63) is 41.2 Å². The average Bonchev–Trinajstić information content (AvgIpc) is 3.00. The first kappa shape index (κ1) is 13.0. The fourth-order valence-corrected chi connectivity index (χ4v) is 3.02. The van der Waals surface area contributed by atoms with Gasteiger partial charge in [-0.15, -0.1) is 0 Å². The Morgan fingerprint density at radius 1 is 1.30 bits per heavy atom. The number of aliphatic hydroxyl groups is 1. The van der Waals surface area contributed by atoms with E-state index in [1.165, 1.54) is 0 Å². The molecule has 1 aliphatic carbocycles. The van der Waals surface area contributed by atoms with Gasteiger partial charge in [0.15, 0.2) is 5.75 Å². The van der Waals surface area contributed by atoms with E-state index in [2.05, 4.69) is 5.10 Å². The van der Waals surface area contributed by atoms with Gasteiger partial charge in [0.25, 0.3) is 0 Å². The largest absolute Gasteiger partial charge is 0.497 e. The summed E-state index contributed by atoms with van der Waals surface area (Å²) in [7, 11) is 5.03. The van der Waals surface area contributed by atoms with Gasteiger partial charge >= 0.3 is 0 Å². The Kier molecular flexibility index (Phi) is 2.94. The Bertz CT molecular complexity index is 651. The van der Waals surface area contributed by atoms with Crippen LogP contribution in [0.25, 0.3) is 0 Å². The highest BCUT2D eigenvalue weighted by atomic mass is 16.5. The molecule has 0 saturated carbocycles. The highest BCUT2D eigenvalue weighted by molar-refractivity contribution is 5.50. The van der Waals surface area contributed by atoms with Gasteiger partial charge in [-0.3, -0.25) is 4.68 Å². The summed E-state index contributed by atoms with van der Waals surface area (Å²) in [6.07, 6.45) is 3.07. The zero-order chi connectivity index (χ0) is 14.3. The molecule has 1 aromatic carbocycles. The predicted octanol–water partition coefficient (Wildman–Crippen LogP) is 1.62. The van der Waals surface area contributed by atoms with Gasteiger partial charge in [-0.05, 0) is 36.1 Å². The summed E-state index contributed by atoms with van der Waals surface area (Å²) in [5.41, 5.74) is 1.61. The van der Waals surface area contributed by atoms with Gasteiger partial charge in [0.2, 0.25) is 0 Å². The van der Waals surface area contributed by atoms with Crippen LogP contribution in [0.15, 0.2) is 24.4 Å². The number of fused-ring (bicyclic) bond motifs is 1. The molecule has 0 fully saturated rings. The molecule has 0 saturated heterocycles. The molecular formula is C15H18N2O3. The Hall–Kier alpha value is -2.01. The highest BCUT2D eigenvalue weighted by Gasteiger charge is 2.43. The molecule has 3 rings (SSSR count). The first-order valence-corrected chi connectivity index (χ1v) is 6.56. The molecule has 2 aromatic rings. The SMILES string of the molecule is COc1ccc2c(c1)C(O)(c1c(OC)cnn1C)CC2. The van der Waals surface area contributed by atoms with E-state index in [4.69, 9.17) is 9.47 Å². The number of benzene rings is 1. The van der Waals surface area contributed by atoms with Crippen molar-refractivity contribution in [2.75, 3.05) is 14.2 Å². The number of methoxy groups -OCH3 is 2. The van der Waals surface area contributed by atoms with Crippen molar-refractivity contribution in [2.45, 2.75) is 18.4 Å². The van der Waals surface area contributed by atoms with Crippen LogP contribution in [0.5, 0.6) is 11.5 Å². The van der Waals surface area contributed by atoms with Crippen molar-refractivity contribution >= 4 is 0 Å². The molecule has 1 heterocycles. The smallest absolute Gasteiger partial charge is 0.163 e. The monoisotopic (exact) mass is 274 g/mol. The van der Waals surface area contributed by atoms with E-state index in [1.54, 1.807) is 25.1 Å². The highest BCUT2D eigenvalue weighted by Crippen LogP contribution is 2.45. The minimum atomic E-state index is -1.08. The Morgan fingerprint density at radius 3 is 2.80 bits per heavy atom. The summed E-state index contributed by atoms with van der Waals surface area (Å²) < 4.78 is 12.3. The molecule has 1 atom stereocenters. The standard InChI is InChI=1S/C15H18N2O3/c1-17-14(13(20-3)9-16-17)15(18)7-6-10-4-5-11(19-2)8-12(10)15/h4-5,8-9,18H,6-7H2,1-3H3. The van der Waals surface area contributed by atoms with Crippen LogP contribution in [0.4, 0.5) is 0 Å². The van der Waals surface area contributed by atoms with E-state index in [-0.39, 0.29) is 0 Å². The van der Waals surface area contributed by atoms with E-state index in [9.17, 15) is 5.11 Å². The molecule has 0 spiro atoms. The maximum Gasteiger partial charge on any atom is 0.163 e. The average molecular weight is 274 g/mol. The van der Waals surface area contributed by atoms with Crippen LogP contribution in [0.2, 0.25) is 0 Å². The summed E-state index contributed by atoms with van der Waals surface area (Å²) in [6, 6.07) is 5.83. The fourth-order valence-electron chi connectivity index (χ4n) is 3.02. The van der Waals surface area contributed by atoms with Crippen LogP contribution < -0.4 is 9.47 Å². The number of aromatic nitrogens is 2. The van der Waals surface area contributed by atoms with Crippen molar-refractivity contribution in [3.8, 4) is 11.5 Å². The summed E-state index contributed by atoms with van der Waals surface area (Å²) in [4.78, 5) is 0. The van der Waals surface area contributed by atoms with Crippen LogP contribution in [0.3, 0.4) is 0 Å². The molecule has 1 unspecified atom stereocenters. The number of aryl methyl sites for hydroxylation is 2. The maximum absolute atomic E-state index is 11.2. The van der Waals surface area contributed by atoms with Crippen LogP contribution >= 0.6 is 0 Å². The maximum atomic E-state index is 11.2. The molecule has 1 N–H and O–H groups in total. The molecule has 20 heavy (non-hydrogen) atoms. The van der Waals surface area contributed by atoms with Crippen LogP contribution in [-0.2, 0) is 19.1 Å². The molecule has 1 aromatic heterocycles. The van der Waals surface area contributed by atoms with Crippen molar-refractivity contribution in [1.82, 2.24) is 9.78 Å². The van der Waals surface area contributed by atoms with Crippen LogP contribution in [0.1, 0.15) is 23.2 Å². The molecule has 106 valence electrons. The van der Waals surface area contributed by atoms with Crippen LogP contribution in [-0.4, -0.2) is 29.1 Å². The number of hydrogen-bond donors (Lipinski definition) is 1. The van der Waals surface area contributed by atoms with E-state index in [0.717, 1.165) is 23.3 Å². The van der Waals surface area contributed by atoms with Crippen molar-refractivity contribution in [3.63, 3.8) is 0 Å². The van der Waals surface area contributed by atoms with Crippen LogP contribution in [0, 0.1) is 0 Å². The number of hydrogen-bond acceptors (Lipinski definition) is 4. The lowest BCUT2D eigenvalue weighted by Crippen LogP contribution is -2.27. The zero-order valence-corrected chi connectivity index (χ0v) is 11.9. The van der Waals surface area contributed by atoms with Gasteiger partial charge < -0.3 is 14.6 Å². The van der Waals surface area contributed by atoms with Gasteiger partial charge in [-0.25, -0.2) is 0 Å². The summed E-state index contributed by atoms with van der Waals surface area (Å²) >= 11 is 0. The third-order valence-electron chi connectivity index (χ3n) is 4.04. The summed E-state index contributed by atoms with van der Waals surface area (Å²) in [6.45, 7) is 0. The first-order valence-electron chi connectivity index (χ1n) is 6.56. The zero-order valence-electron chi connectivity index (χ0n) is 11.9. The second-order valence-electron chi connectivity index (χ2n) is 5.07. The number of rotatable bonds is 3. The Balaban J connectivity index is 2.18. The van der Waals surface area contributed by atoms with Gasteiger partial charge in [-0.1, -0.05) is 6.07 Å². The lowest BCUT2D eigenvalue weighted by molar-refractivity contribution is 0.0709. The molecule has 5 heteroatoms. The van der Waals surface area contributed by atoms with Gasteiger partial charge in [0, 0.05) is 7.05 Å². The third-order valence-corrected chi connectivity index (χ3v) is 4.04. The predicted molar refractivity (Wildman–Crippen MR) is 74.1 cm³/mol. The Labute approximate surface area is 117 Å². The molecule has 5 nitrogen and oxygen atoms in total. The summed E-state index contributed by atoms with van der Waals surface area (Å²) in [5.74, 6) is 1.34. The lowest BCUT2D eigenvalue weighted by atomic mass is 9.91. The first-order chi connectivity index (χ1) is 9.60. The second-order valence-corrected chi connectivity index (χ2v) is 5.07. The normalized spacial score (nSPS) is 20.8. The van der Waals surface area contributed by atoms with E-state index in [0.29, 0.717) is 17.9 Å².